The number of hydrogen-bond acceptors (Lipinski definition) is 1. The molecule has 0 fully saturated rings. The minimum Gasteiger partial charge on any atom is -0.164 e. The van der Waals surface area contributed by atoms with E-state index >= 15 is 0 Å². The minimum atomic E-state index is -0.0513. The van der Waals surface area contributed by atoms with Gasteiger partial charge in [-0.1, -0.05) is 24.3 Å². The Morgan fingerprint density at radius 2 is 1.67 bits per heavy atom. The van der Waals surface area contributed by atoms with Crippen LogP contribution in [0.25, 0.3) is 0 Å². The van der Waals surface area contributed by atoms with Gasteiger partial charge in [-0.15, -0.1) is 0 Å². The molecule has 0 atom stereocenters. The highest BCUT2D eigenvalue weighted by molar-refractivity contribution is 7.82. The van der Waals surface area contributed by atoms with Crippen molar-refractivity contribution in [2.24, 2.45) is 0 Å². The molecule has 2 rings (SSSR count). The van der Waals surface area contributed by atoms with Gasteiger partial charge in [-0.3, -0.25) is 0 Å². The fourth-order valence-corrected chi connectivity index (χ4v) is 1.91. The first kappa shape index (κ1) is 8.18. The van der Waals surface area contributed by atoms with Gasteiger partial charge in [-0.2, -0.15) is 12.6 Å². The van der Waals surface area contributed by atoms with E-state index in [0.29, 0.717) is 0 Å². The predicted molar refractivity (Wildman–Crippen MR) is 56.5 cm³/mol. The van der Waals surface area contributed by atoms with Crippen LogP contribution < -0.4 is 0 Å². The Bertz CT molecular complexity index is 253. The molecular formula is C11H14S. The molecule has 0 aromatic carbocycles. The zero-order valence-corrected chi connectivity index (χ0v) is 8.27. The zero-order valence-electron chi connectivity index (χ0n) is 7.38. The van der Waals surface area contributed by atoms with Gasteiger partial charge in [-0.05, 0) is 37.3 Å². The van der Waals surface area contributed by atoms with Gasteiger partial charge in [0.25, 0.3) is 0 Å². The molecule has 0 saturated heterocycles. The zero-order chi connectivity index (χ0) is 8.60. The average Bonchev–Trinajstić information content (AvgIpc) is 2.40. The van der Waals surface area contributed by atoms with Crippen molar-refractivity contribution in [2.45, 2.75) is 30.9 Å². The summed E-state index contributed by atoms with van der Waals surface area (Å²) >= 11 is 4.53. The third kappa shape index (κ3) is 1.51. The standard InChI is InChI=1S/C11H14S/c1-11(12)7-5-9-3-2-4-10(9)6-8-11/h5-8,12H,2-4H2,1H3. The Morgan fingerprint density at radius 3 is 2.17 bits per heavy atom. The molecule has 0 radical (unpaired) electrons. The molecule has 0 amide bonds. The van der Waals surface area contributed by atoms with Gasteiger partial charge >= 0.3 is 0 Å². The molecule has 0 nitrogen and oxygen atoms in total. The number of allylic oxidation sites excluding steroid dienone is 4. The van der Waals surface area contributed by atoms with Crippen LogP contribution in [0, 0.1) is 0 Å². The maximum absolute atomic E-state index is 4.53. The third-order valence-corrected chi connectivity index (χ3v) is 2.85. The molecule has 0 heterocycles. The van der Waals surface area contributed by atoms with Crippen LogP contribution in [0.4, 0.5) is 0 Å². The Balaban J connectivity index is 2.34. The topological polar surface area (TPSA) is 0 Å². The maximum Gasteiger partial charge on any atom is 0.0466 e. The molecule has 0 aromatic rings. The highest BCUT2D eigenvalue weighted by atomic mass is 32.1. The lowest BCUT2D eigenvalue weighted by Gasteiger charge is -2.11. The first-order valence-corrected chi connectivity index (χ1v) is 4.95. The molecular weight excluding hydrogens is 164 g/mol. The second-order valence-electron chi connectivity index (χ2n) is 3.80. The molecule has 0 aliphatic heterocycles. The molecule has 2 aliphatic rings. The van der Waals surface area contributed by atoms with E-state index < -0.39 is 0 Å². The van der Waals surface area contributed by atoms with Gasteiger partial charge in [0.2, 0.25) is 0 Å². The molecule has 0 spiro atoms. The highest BCUT2D eigenvalue weighted by Gasteiger charge is 2.17. The fraction of sp³-hybridized carbons (Fsp3) is 0.455. The van der Waals surface area contributed by atoms with Gasteiger partial charge < -0.3 is 0 Å². The SMILES string of the molecule is CC1(S)C=CC2=C(C=C1)CCC2. The fourth-order valence-electron chi connectivity index (χ4n) is 1.77. The molecule has 2 aliphatic carbocycles. The van der Waals surface area contributed by atoms with Gasteiger partial charge in [0.15, 0.2) is 0 Å². The van der Waals surface area contributed by atoms with E-state index in [0.717, 1.165) is 0 Å². The van der Waals surface area contributed by atoms with Gasteiger partial charge in [0.05, 0.1) is 0 Å². The van der Waals surface area contributed by atoms with E-state index in [1.54, 1.807) is 0 Å². The van der Waals surface area contributed by atoms with E-state index in [1.165, 1.54) is 30.4 Å². The van der Waals surface area contributed by atoms with E-state index in [4.69, 9.17) is 0 Å². The van der Waals surface area contributed by atoms with Crippen molar-refractivity contribution in [3.05, 3.63) is 35.5 Å². The summed E-state index contributed by atoms with van der Waals surface area (Å²) < 4.78 is -0.0513. The summed E-state index contributed by atoms with van der Waals surface area (Å²) in [5.41, 5.74) is 3.04. The van der Waals surface area contributed by atoms with Crippen molar-refractivity contribution >= 4 is 12.6 Å². The van der Waals surface area contributed by atoms with Crippen molar-refractivity contribution in [3.8, 4) is 0 Å². The molecule has 1 heteroatoms. The Kier molecular flexibility index (Phi) is 1.91. The van der Waals surface area contributed by atoms with Crippen molar-refractivity contribution in [3.63, 3.8) is 0 Å². The molecule has 0 bridgehead atoms. The Morgan fingerprint density at radius 1 is 1.17 bits per heavy atom. The summed E-state index contributed by atoms with van der Waals surface area (Å²) in [5.74, 6) is 0. The van der Waals surface area contributed by atoms with Gasteiger partial charge in [0, 0.05) is 4.75 Å². The molecule has 64 valence electrons. The van der Waals surface area contributed by atoms with Crippen molar-refractivity contribution < 1.29 is 0 Å². The van der Waals surface area contributed by atoms with Gasteiger partial charge in [0.1, 0.15) is 0 Å². The summed E-state index contributed by atoms with van der Waals surface area (Å²) in [6.07, 6.45) is 12.7. The monoisotopic (exact) mass is 178 g/mol. The largest absolute Gasteiger partial charge is 0.164 e. The van der Waals surface area contributed by atoms with Crippen LogP contribution >= 0.6 is 12.6 Å². The molecule has 12 heavy (non-hydrogen) atoms. The summed E-state index contributed by atoms with van der Waals surface area (Å²) in [5, 5.41) is 0. The van der Waals surface area contributed by atoms with E-state index in [9.17, 15) is 0 Å². The van der Waals surface area contributed by atoms with E-state index in [2.05, 4.69) is 43.9 Å². The lowest BCUT2D eigenvalue weighted by molar-refractivity contribution is 0.900. The number of thiol groups is 1. The molecule has 0 N–H and O–H groups in total. The Hall–Kier alpha value is -0.430. The van der Waals surface area contributed by atoms with E-state index in [-0.39, 0.29) is 4.75 Å². The smallest absolute Gasteiger partial charge is 0.0466 e. The van der Waals surface area contributed by atoms with Crippen LogP contribution in [-0.4, -0.2) is 4.75 Å². The number of hydrogen-bond donors (Lipinski definition) is 1. The summed E-state index contributed by atoms with van der Waals surface area (Å²) in [4.78, 5) is 0. The van der Waals surface area contributed by atoms with Gasteiger partial charge in [-0.25, -0.2) is 0 Å². The van der Waals surface area contributed by atoms with Crippen molar-refractivity contribution in [1.82, 2.24) is 0 Å². The van der Waals surface area contributed by atoms with Crippen molar-refractivity contribution in [1.29, 1.82) is 0 Å². The summed E-state index contributed by atoms with van der Waals surface area (Å²) in [6, 6.07) is 0. The van der Waals surface area contributed by atoms with Crippen LogP contribution in [0.1, 0.15) is 26.2 Å². The first-order chi connectivity index (χ1) is 5.67. The predicted octanol–water partition coefficient (Wildman–Crippen LogP) is 3.28. The third-order valence-electron chi connectivity index (χ3n) is 2.55. The molecule has 0 saturated carbocycles. The number of rotatable bonds is 0. The quantitative estimate of drug-likeness (QED) is 0.541. The molecule has 0 unspecified atom stereocenters. The highest BCUT2D eigenvalue weighted by Crippen LogP contribution is 2.32. The summed E-state index contributed by atoms with van der Waals surface area (Å²) in [7, 11) is 0. The van der Waals surface area contributed by atoms with E-state index in [1.807, 2.05) is 0 Å². The lowest BCUT2D eigenvalue weighted by atomic mass is 10.1. The second kappa shape index (κ2) is 2.81. The normalized spacial score (nSPS) is 25.8. The van der Waals surface area contributed by atoms with Crippen LogP contribution in [0.5, 0.6) is 0 Å². The van der Waals surface area contributed by atoms with Crippen LogP contribution in [0.15, 0.2) is 35.5 Å². The Labute approximate surface area is 79.5 Å². The van der Waals surface area contributed by atoms with Crippen LogP contribution in [-0.2, 0) is 0 Å². The maximum atomic E-state index is 4.53. The first-order valence-electron chi connectivity index (χ1n) is 4.50. The minimum absolute atomic E-state index is 0.0513. The van der Waals surface area contributed by atoms with Crippen LogP contribution in [0.3, 0.4) is 0 Å². The average molecular weight is 178 g/mol. The second-order valence-corrected chi connectivity index (χ2v) is 4.76. The summed E-state index contributed by atoms with van der Waals surface area (Å²) in [6.45, 7) is 2.12. The van der Waals surface area contributed by atoms with Crippen molar-refractivity contribution in [2.75, 3.05) is 0 Å². The lowest BCUT2D eigenvalue weighted by Crippen LogP contribution is -2.06. The van der Waals surface area contributed by atoms with Crippen LogP contribution in [0.2, 0.25) is 0 Å². The molecule has 0 aromatic heterocycles.